The van der Waals surface area contributed by atoms with Gasteiger partial charge in [-0.05, 0) is 71.1 Å². The molecule has 1 saturated carbocycles. The van der Waals surface area contributed by atoms with Crippen LogP contribution in [0.25, 0.3) is 10.9 Å². The van der Waals surface area contributed by atoms with Gasteiger partial charge in [-0.25, -0.2) is 9.37 Å². The third kappa shape index (κ3) is 3.23. The van der Waals surface area contributed by atoms with Crippen molar-refractivity contribution in [3.8, 4) is 0 Å². The van der Waals surface area contributed by atoms with Crippen molar-refractivity contribution >= 4 is 38.6 Å². The Morgan fingerprint density at radius 3 is 2.69 bits per heavy atom. The third-order valence-electron chi connectivity index (χ3n) is 5.14. The van der Waals surface area contributed by atoms with E-state index in [0.29, 0.717) is 12.2 Å². The summed E-state index contributed by atoms with van der Waals surface area (Å²) in [5.41, 5.74) is 1.20. The number of pyridine rings is 1. The van der Waals surface area contributed by atoms with Crippen LogP contribution in [-0.2, 0) is 11.2 Å². The number of hydrogen-bond donors (Lipinski definition) is 1. The molecule has 0 unspecified atom stereocenters. The molecule has 1 amide bonds. The van der Waals surface area contributed by atoms with Gasteiger partial charge in [0.1, 0.15) is 11.6 Å². The van der Waals surface area contributed by atoms with E-state index in [0.717, 1.165) is 40.2 Å². The fraction of sp³-hybridized carbons (Fsp3) is 0.238. The first-order chi connectivity index (χ1) is 12.6. The standard InChI is InChI=1S/C21H18BrFN2O/c22-17-7-2-5-15-8-9-18(24-19(15)17)25-20(26)21(10-3-11-21)13-14-4-1-6-16(23)12-14/h1-2,4-9,12H,3,10-11,13H2,(H,24,25,26). The molecule has 2 aromatic carbocycles. The molecule has 0 bridgehead atoms. The minimum atomic E-state index is -0.474. The zero-order chi connectivity index (χ0) is 18.1. The van der Waals surface area contributed by atoms with E-state index >= 15 is 0 Å². The summed E-state index contributed by atoms with van der Waals surface area (Å²) in [5, 5.41) is 3.98. The molecule has 4 rings (SSSR count). The molecule has 3 nitrogen and oxygen atoms in total. The predicted molar refractivity (Wildman–Crippen MR) is 104 cm³/mol. The number of hydrogen-bond acceptors (Lipinski definition) is 2. The van der Waals surface area contributed by atoms with E-state index in [1.54, 1.807) is 6.07 Å². The Morgan fingerprint density at radius 1 is 1.15 bits per heavy atom. The smallest absolute Gasteiger partial charge is 0.232 e. The van der Waals surface area contributed by atoms with Crippen molar-refractivity contribution in [1.29, 1.82) is 0 Å². The lowest BCUT2D eigenvalue weighted by molar-refractivity contribution is -0.130. The summed E-state index contributed by atoms with van der Waals surface area (Å²) in [4.78, 5) is 17.5. The Kier molecular flexibility index (Phi) is 4.49. The fourth-order valence-corrected chi connectivity index (χ4v) is 4.02. The molecule has 1 aliphatic carbocycles. The van der Waals surface area contributed by atoms with E-state index in [-0.39, 0.29) is 11.7 Å². The SMILES string of the molecule is O=C(Nc1ccc2cccc(Br)c2n1)C1(Cc2cccc(F)c2)CCC1. The van der Waals surface area contributed by atoms with E-state index in [9.17, 15) is 9.18 Å². The van der Waals surface area contributed by atoms with E-state index in [1.165, 1.54) is 12.1 Å². The first-order valence-corrected chi connectivity index (χ1v) is 9.46. The van der Waals surface area contributed by atoms with E-state index < -0.39 is 5.41 Å². The minimum absolute atomic E-state index is 0.0353. The van der Waals surface area contributed by atoms with Crippen molar-refractivity contribution in [2.45, 2.75) is 25.7 Å². The van der Waals surface area contributed by atoms with Gasteiger partial charge in [0.15, 0.2) is 0 Å². The number of carbonyl (C=O) groups excluding carboxylic acids is 1. The van der Waals surface area contributed by atoms with Gasteiger partial charge in [0.05, 0.1) is 10.9 Å². The summed E-state index contributed by atoms with van der Waals surface area (Å²) in [7, 11) is 0. The number of nitrogens with zero attached hydrogens (tertiary/aromatic N) is 1. The molecule has 26 heavy (non-hydrogen) atoms. The van der Waals surface area contributed by atoms with Gasteiger partial charge in [0.2, 0.25) is 5.91 Å². The number of fused-ring (bicyclic) bond motifs is 1. The van der Waals surface area contributed by atoms with Crippen LogP contribution in [0.1, 0.15) is 24.8 Å². The Morgan fingerprint density at radius 2 is 1.96 bits per heavy atom. The number of anilines is 1. The largest absolute Gasteiger partial charge is 0.310 e. The molecule has 1 fully saturated rings. The van der Waals surface area contributed by atoms with Crippen LogP contribution in [-0.4, -0.2) is 10.9 Å². The molecule has 1 heterocycles. The maximum absolute atomic E-state index is 13.5. The molecule has 132 valence electrons. The van der Waals surface area contributed by atoms with E-state index in [2.05, 4.69) is 26.2 Å². The topological polar surface area (TPSA) is 42.0 Å². The van der Waals surface area contributed by atoms with E-state index in [4.69, 9.17) is 0 Å². The quantitative estimate of drug-likeness (QED) is 0.615. The Bertz CT molecular complexity index is 985. The second-order valence-corrected chi connectivity index (χ2v) is 7.76. The van der Waals surface area contributed by atoms with Crippen molar-refractivity contribution in [3.63, 3.8) is 0 Å². The first kappa shape index (κ1) is 17.2. The predicted octanol–water partition coefficient (Wildman–Crippen LogP) is 5.49. The molecule has 5 heteroatoms. The van der Waals surface area contributed by atoms with Crippen LogP contribution in [0.4, 0.5) is 10.2 Å². The van der Waals surface area contributed by atoms with Gasteiger partial charge < -0.3 is 5.32 Å². The first-order valence-electron chi connectivity index (χ1n) is 8.67. The lowest BCUT2D eigenvalue weighted by Gasteiger charge is -2.40. The number of carbonyl (C=O) groups is 1. The summed E-state index contributed by atoms with van der Waals surface area (Å²) in [5.74, 6) is 0.241. The molecule has 0 aliphatic heterocycles. The van der Waals surface area contributed by atoms with Crippen molar-refractivity contribution < 1.29 is 9.18 Å². The highest BCUT2D eigenvalue weighted by Crippen LogP contribution is 2.44. The van der Waals surface area contributed by atoms with Crippen molar-refractivity contribution in [2.75, 3.05) is 5.32 Å². The Hall–Kier alpha value is -2.27. The van der Waals surface area contributed by atoms with Gasteiger partial charge in [0.25, 0.3) is 0 Å². The van der Waals surface area contributed by atoms with Crippen LogP contribution < -0.4 is 5.32 Å². The zero-order valence-corrected chi connectivity index (χ0v) is 15.7. The summed E-state index contributed by atoms with van der Waals surface area (Å²) < 4.78 is 14.4. The zero-order valence-electron chi connectivity index (χ0n) is 14.1. The minimum Gasteiger partial charge on any atom is -0.310 e. The third-order valence-corrected chi connectivity index (χ3v) is 5.78. The summed E-state index contributed by atoms with van der Waals surface area (Å²) in [6, 6.07) is 16.1. The molecule has 0 radical (unpaired) electrons. The Labute approximate surface area is 159 Å². The number of benzene rings is 2. The summed E-state index contributed by atoms with van der Waals surface area (Å²) in [6.07, 6.45) is 3.19. The molecule has 0 atom stereocenters. The molecule has 0 saturated heterocycles. The van der Waals surface area contributed by atoms with Gasteiger partial charge >= 0.3 is 0 Å². The molecular weight excluding hydrogens is 395 g/mol. The second-order valence-electron chi connectivity index (χ2n) is 6.90. The second kappa shape index (κ2) is 6.80. The monoisotopic (exact) mass is 412 g/mol. The highest BCUT2D eigenvalue weighted by molar-refractivity contribution is 9.10. The Balaban J connectivity index is 1.57. The van der Waals surface area contributed by atoms with Crippen molar-refractivity contribution in [3.05, 3.63) is 70.5 Å². The molecule has 1 N–H and O–H groups in total. The van der Waals surface area contributed by atoms with Crippen LogP contribution in [0, 0.1) is 11.2 Å². The van der Waals surface area contributed by atoms with Crippen LogP contribution in [0.2, 0.25) is 0 Å². The van der Waals surface area contributed by atoms with Gasteiger partial charge in [-0.3, -0.25) is 4.79 Å². The number of halogens is 2. The highest BCUT2D eigenvalue weighted by atomic mass is 79.9. The van der Waals surface area contributed by atoms with Gasteiger partial charge in [-0.2, -0.15) is 0 Å². The van der Waals surface area contributed by atoms with E-state index in [1.807, 2.05) is 36.4 Å². The summed E-state index contributed by atoms with van der Waals surface area (Å²) in [6.45, 7) is 0. The van der Waals surface area contributed by atoms with Crippen molar-refractivity contribution in [2.24, 2.45) is 5.41 Å². The average molecular weight is 413 g/mol. The molecule has 3 aromatic rings. The van der Waals surface area contributed by atoms with Crippen LogP contribution in [0.3, 0.4) is 0 Å². The lowest BCUT2D eigenvalue weighted by atomic mass is 9.64. The molecular formula is C21H18BrFN2O. The number of para-hydroxylation sites is 1. The number of rotatable bonds is 4. The van der Waals surface area contributed by atoms with Gasteiger partial charge in [-0.15, -0.1) is 0 Å². The fourth-order valence-electron chi connectivity index (χ4n) is 3.55. The van der Waals surface area contributed by atoms with Gasteiger partial charge in [-0.1, -0.05) is 30.7 Å². The van der Waals surface area contributed by atoms with Crippen molar-refractivity contribution in [1.82, 2.24) is 4.98 Å². The highest BCUT2D eigenvalue weighted by Gasteiger charge is 2.44. The van der Waals surface area contributed by atoms with Crippen LogP contribution >= 0.6 is 15.9 Å². The number of amides is 1. The summed E-state index contributed by atoms with van der Waals surface area (Å²) >= 11 is 3.50. The normalized spacial score (nSPS) is 15.5. The molecule has 1 aliphatic rings. The molecule has 1 aromatic heterocycles. The van der Waals surface area contributed by atoms with Gasteiger partial charge in [0, 0.05) is 9.86 Å². The molecule has 0 spiro atoms. The average Bonchev–Trinajstić information content (AvgIpc) is 2.59. The maximum Gasteiger partial charge on any atom is 0.232 e. The van der Waals surface area contributed by atoms with Crippen LogP contribution in [0.5, 0.6) is 0 Å². The number of aromatic nitrogens is 1. The number of nitrogens with one attached hydrogen (secondary N) is 1. The lowest BCUT2D eigenvalue weighted by Crippen LogP contribution is -2.43. The van der Waals surface area contributed by atoms with Crippen LogP contribution in [0.15, 0.2) is 59.1 Å². The maximum atomic E-state index is 13.5.